The van der Waals surface area contributed by atoms with Crippen LogP contribution in [0.5, 0.6) is 0 Å². The van der Waals surface area contributed by atoms with Crippen LogP contribution < -0.4 is 5.73 Å². The number of rotatable bonds is 6. The van der Waals surface area contributed by atoms with Crippen molar-refractivity contribution in [2.24, 2.45) is 12.8 Å². The predicted octanol–water partition coefficient (Wildman–Crippen LogP) is 3.91. The molecule has 2 aromatic carbocycles. The largest absolute Gasteiger partial charge is 0.335 e. The van der Waals surface area contributed by atoms with Gasteiger partial charge in [0, 0.05) is 44.2 Å². The predicted molar refractivity (Wildman–Crippen MR) is 119 cm³/mol. The highest BCUT2D eigenvalue weighted by Gasteiger charge is 2.35. The van der Waals surface area contributed by atoms with Gasteiger partial charge >= 0.3 is 0 Å². The fourth-order valence-electron chi connectivity index (χ4n) is 4.54. The number of halogens is 4. The molecule has 0 saturated heterocycles. The van der Waals surface area contributed by atoms with Crippen LogP contribution in [0.2, 0.25) is 0 Å². The Morgan fingerprint density at radius 1 is 1.12 bits per heavy atom. The van der Waals surface area contributed by atoms with Crippen molar-refractivity contribution in [3.63, 3.8) is 0 Å². The van der Waals surface area contributed by atoms with Crippen LogP contribution in [-0.2, 0) is 31.1 Å². The second-order valence-corrected chi connectivity index (χ2v) is 8.76. The van der Waals surface area contributed by atoms with Crippen molar-refractivity contribution in [2.75, 3.05) is 6.54 Å². The second kappa shape index (κ2) is 9.58. The molecule has 0 radical (unpaired) electrons. The number of amides is 1. The summed E-state index contributed by atoms with van der Waals surface area (Å²) in [4.78, 5) is 19.7. The minimum absolute atomic E-state index is 0.0802. The molecule has 180 valence electrons. The van der Waals surface area contributed by atoms with Crippen molar-refractivity contribution < 1.29 is 22.4 Å². The Bertz CT molecular complexity index is 1210. The Labute approximate surface area is 195 Å². The van der Waals surface area contributed by atoms with Crippen LogP contribution in [-0.4, -0.2) is 32.9 Å². The summed E-state index contributed by atoms with van der Waals surface area (Å²) < 4.78 is 56.2. The number of aromatic nitrogens is 2. The number of nitrogens with two attached hydrogens (primary N) is 1. The zero-order valence-electron chi connectivity index (χ0n) is 19.0. The maximum absolute atomic E-state index is 14.0. The van der Waals surface area contributed by atoms with E-state index in [0.717, 1.165) is 28.8 Å². The average Bonchev–Trinajstić information content (AvgIpc) is 3.08. The Kier molecular flexibility index (Phi) is 6.74. The van der Waals surface area contributed by atoms with Gasteiger partial charge in [-0.2, -0.15) is 0 Å². The zero-order valence-corrected chi connectivity index (χ0v) is 19.0. The van der Waals surface area contributed by atoms with Gasteiger partial charge in [0.05, 0.1) is 11.7 Å². The van der Waals surface area contributed by atoms with Crippen LogP contribution in [0.4, 0.5) is 17.6 Å². The zero-order chi connectivity index (χ0) is 24.6. The molecular formula is C25H26F4N4O. The van der Waals surface area contributed by atoms with Crippen molar-refractivity contribution in [3.8, 4) is 0 Å². The molecule has 1 aromatic heterocycles. The fourth-order valence-corrected chi connectivity index (χ4v) is 4.54. The molecule has 34 heavy (non-hydrogen) atoms. The Balaban J connectivity index is 1.55. The van der Waals surface area contributed by atoms with Gasteiger partial charge in [0.2, 0.25) is 5.91 Å². The lowest BCUT2D eigenvalue weighted by Crippen LogP contribution is -2.44. The van der Waals surface area contributed by atoms with Crippen LogP contribution in [0.25, 0.3) is 0 Å². The Morgan fingerprint density at radius 3 is 2.50 bits per heavy atom. The number of hydrogen-bond donors (Lipinski definition) is 1. The van der Waals surface area contributed by atoms with Crippen molar-refractivity contribution in [3.05, 3.63) is 88.0 Å². The third-order valence-electron chi connectivity index (χ3n) is 6.42. The summed E-state index contributed by atoms with van der Waals surface area (Å²) in [6, 6.07) is 6.21. The molecule has 2 heterocycles. The molecule has 1 amide bonds. The summed E-state index contributed by atoms with van der Waals surface area (Å²) in [6.45, 7) is 2.34. The minimum atomic E-state index is -1.27. The quantitative estimate of drug-likeness (QED) is 0.435. The topological polar surface area (TPSA) is 64.2 Å². The van der Waals surface area contributed by atoms with E-state index in [-0.39, 0.29) is 36.2 Å². The molecule has 5 nitrogen and oxygen atoms in total. The fraction of sp³-hybridized carbons (Fsp3) is 0.360. The second-order valence-electron chi connectivity index (χ2n) is 8.76. The molecule has 0 bridgehead atoms. The van der Waals surface area contributed by atoms with Crippen LogP contribution in [0.3, 0.4) is 0 Å². The van der Waals surface area contributed by atoms with E-state index in [4.69, 9.17) is 10.7 Å². The maximum Gasteiger partial charge on any atom is 0.224 e. The molecule has 9 heteroatoms. The summed E-state index contributed by atoms with van der Waals surface area (Å²) in [7, 11) is 1.93. The monoisotopic (exact) mass is 474 g/mol. The van der Waals surface area contributed by atoms with Crippen molar-refractivity contribution >= 4 is 5.91 Å². The van der Waals surface area contributed by atoms with Crippen molar-refractivity contribution in [1.29, 1.82) is 0 Å². The number of aryl methyl sites for hydroxylation is 1. The number of carbonyl (C=O) groups excluding carboxylic acids is 1. The smallest absolute Gasteiger partial charge is 0.224 e. The van der Waals surface area contributed by atoms with Crippen molar-refractivity contribution in [2.45, 2.75) is 44.7 Å². The molecule has 0 aliphatic carbocycles. The highest BCUT2D eigenvalue weighted by atomic mass is 19.2. The lowest BCUT2D eigenvalue weighted by atomic mass is 9.94. The number of fused-ring (bicyclic) bond motifs is 1. The molecule has 0 fully saturated rings. The minimum Gasteiger partial charge on any atom is -0.335 e. The molecule has 2 atom stereocenters. The van der Waals surface area contributed by atoms with Gasteiger partial charge < -0.3 is 15.2 Å². The van der Waals surface area contributed by atoms with Gasteiger partial charge in [-0.3, -0.25) is 4.79 Å². The van der Waals surface area contributed by atoms with E-state index in [1.54, 1.807) is 17.0 Å². The van der Waals surface area contributed by atoms with E-state index in [0.29, 0.717) is 25.5 Å². The van der Waals surface area contributed by atoms with E-state index >= 15 is 0 Å². The summed E-state index contributed by atoms with van der Waals surface area (Å²) in [5.41, 5.74) is 8.73. The number of benzene rings is 2. The third kappa shape index (κ3) is 4.84. The Morgan fingerprint density at radius 2 is 1.79 bits per heavy atom. The molecular weight excluding hydrogens is 448 g/mol. The summed E-state index contributed by atoms with van der Waals surface area (Å²) >= 11 is 0. The molecule has 2 N–H and O–H groups in total. The normalized spacial score (nSPS) is 16.4. The molecule has 4 rings (SSSR count). The summed E-state index contributed by atoms with van der Waals surface area (Å²) in [5, 5.41) is 0. The standard InChI is InChI=1S/C25H26F4N4O/c1-14-31-25-22(32(14)2)7-8-33(23(25)9-15-3-5-17(26)6-4-15)24(34)12-18(30)10-16-11-20(28)21(29)13-19(16)27/h3-6,11,13,18,23H,7-10,12,30H2,1-2H3/t18-,23?/m1/s1. The lowest BCUT2D eigenvalue weighted by molar-refractivity contribution is -0.134. The van der Waals surface area contributed by atoms with Gasteiger partial charge in [-0.25, -0.2) is 22.5 Å². The Hall–Kier alpha value is -3.20. The van der Waals surface area contributed by atoms with E-state index in [9.17, 15) is 22.4 Å². The highest BCUT2D eigenvalue weighted by Crippen LogP contribution is 2.33. The molecule has 0 saturated carbocycles. The van der Waals surface area contributed by atoms with E-state index in [1.165, 1.54) is 12.1 Å². The first kappa shape index (κ1) is 23.9. The maximum atomic E-state index is 14.0. The van der Waals surface area contributed by atoms with Crippen molar-refractivity contribution in [1.82, 2.24) is 14.5 Å². The lowest BCUT2D eigenvalue weighted by Gasteiger charge is -2.36. The van der Waals surface area contributed by atoms with Gasteiger partial charge in [0.25, 0.3) is 0 Å². The van der Waals surface area contributed by atoms with E-state index < -0.39 is 23.5 Å². The molecule has 1 unspecified atom stereocenters. The van der Waals surface area contributed by atoms with Crippen LogP contribution in [0.1, 0.15) is 40.8 Å². The van der Waals surface area contributed by atoms with E-state index in [2.05, 4.69) is 0 Å². The molecule has 1 aliphatic rings. The molecule has 1 aliphatic heterocycles. The first-order valence-corrected chi connectivity index (χ1v) is 11.1. The van der Waals surface area contributed by atoms with Gasteiger partial charge in [-0.05, 0) is 49.1 Å². The highest BCUT2D eigenvalue weighted by molar-refractivity contribution is 5.77. The van der Waals surface area contributed by atoms with Gasteiger partial charge in [0.15, 0.2) is 11.6 Å². The van der Waals surface area contributed by atoms with Gasteiger partial charge in [-0.15, -0.1) is 0 Å². The number of imidazole rings is 1. The number of carbonyl (C=O) groups is 1. The van der Waals surface area contributed by atoms with Crippen LogP contribution >= 0.6 is 0 Å². The first-order valence-electron chi connectivity index (χ1n) is 11.1. The third-order valence-corrected chi connectivity index (χ3v) is 6.42. The average molecular weight is 475 g/mol. The summed E-state index contributed by atoms with van der Waals surface area (Å²) in [6.07, 6.45) is 0.854. The number of hydrogen-bond acceptors (Lipinski definition) is 3. The number of nitrogens with zero attached hydrogens (tertiary/aromatic N) is 3. The van der Waals surface area contributed by atoms with Gasteiger partial charge in [-0.1, -0.05) is 12.1 Å². The SMILES string of the molecule is Cc1nc2c(n1C)CCN(C(=O)C[C@H](N)Cc1cc(F)c(F)cc1F)C2Cc1ccc(F)cc1. The van der Waals surface area contributed by atoms with Crippen LogP contribution in [0.15, 0.2) is 36.4 Å². The summed E-state index contributed by atoms with van der Waals surface area (Å²) in [5.74, 6) is -3.09. The van der Waals surface area contributed by atoms with Crippen LogP contribution in [0, 0.1) is 30.2 Å². The first-order chi connectivity index (χ1) is 16.1. The van der Waals surface area contributed by atoms with E-state index in [1.807, 2.05) is 18.5 Å². The molecule has 0 spiro atoms. The molecule has 3 aromatic rings. The van der Waals surface area contributed by atoms with Gasteiger partial charge in [0.1, 0.15) is 17.5 Å².